The van der Waals surface area contributed by atoms with Gasteiger partial charge in [-0.15, -0.1) is 0 Å². The van der Waals surface area contributed by atoms with Gasteiger partial charge in [-0.3, -0.25) is 9.97 Å². The van der Waals surface area contributed by atoms with Gasteiger partial charge in [0.15, 0.2) is 5.69 Å². The Morgan fingerprint density at radius 3 is 2.00 bits per heavy atom. The van der Waals surface area contributed by atoms with E-state index < -0.39 is 0 Å². The van der Waals surface area contributed by atoms with Gasteiger partial charge in [0.25, 0.3) is 0 Å². The molecule has 3 rings (SSSR count). The van der Waals surface area contributed by atoms with Crippen molar-refractivity contribution in [1.82, 2.24) is 9.97 Å². The molecular formula is C18H10N4. The van der Waals surface area contributed by atoms with Crippen molar-refractivity contribution in [2.24, 2.45) is 0 Å². The molecule has 0 saturated heterocycles. The lowest BCUT2D eigenvalue weighted by molar-refractivity contribution is 1.27. The molecule has 0 amide bonds. The summed E-state index contributed by atoms with van der Waals surface area (Å²) in [5, 5.41) is 8.78. The Balaban J connectivity index is 1.88. The van der Waals surface area contributed by atoms with Crippen LogP contribution in [0.3, 0.4) is 0 Å². The van der Waals surface area contributed by atoms with Crippen molar-refractivity contribution >= 4 is 5.69 Å². The van der Waals surface area contributed by atoms with Crippen molar-refractivity contribution in [3.05, 3.63) is 77.9 Å². The zero-order chi connectivity index (χ0) is 15.4. The van der Waals surface area contributed by atoms with E-state index in [0.29, 0.717) is 11.3 Å². The van der Waals surface area contributed by atoms with Gasteiger partial charge >= 0.3 is 0 Å². The summed E-state index contributed by atoms with van der Waals surface area (Å²) in [6.45, 7) is 6.95. The first-order valence-corrected chi connectivity index (χ1v) is 6.60. The first-order valence-electron chi connectivity index (χ1n) is 6.60. The monoisotopic (exact) mass is 282 g/mol. The molecule has 0 saturated carbocycles. The van der Waals surface area contributed by atoms with Crippen LogP contribution in [0.4, 0.5) is 5.69 Å². The molecule has 0 fully saturated rings. The average Bonchev–Trinajstić information content (AvgIpc) is 2.62. The molecule has 0 aliphatic rings. The molecule has 0 aliphatic heterocycles. The predicted octanol–water partition coefficient (Wildman–Crippen LogP) is 4.23. The average molecular weight is 282 g/mol. The van der Waals surface area contributed by atoms with Crippen molar-refractivity contribution in [3.63, 3.8) is 0 Å². The van der Waals surface area contributed by atoms with Crippen LogP contribution in [-0.2, 0) is 0 Å². The summed E-state index contributed by atoms with van der Waals surface area (Å²) < 4.78 is 0. The Labute approximate surface area is 128 Å². The smallest absolute Gasteiger partial charge is 0.187 e. The first-order chi connectivity index (χ1) is 10.8. The summed E-state index contributed by atoms with van der Waals surface area (Å²) in [5.74, 6) is 0. The number of aromatic nitrogens is 2. The number of rotatable bonds is 2. The highest BCUT2D eigenvalue weighted by Crippen LogP contribution is 2.23. The fourth-order valence-electron chi connectivity index (χ4n) is 2.05. The topological polar surface area (TPSA) is 53.9 Å². The molecule has 102 valence electrons. The molecule has 0 aliphatic carbocycles. The highest BCUT2D eigenvalue weighted by Gasteiger charge is 2.03. The number of nitriles is 1. The van der Waals surface area contributed by atoms with Crippen molar-refractivity contribution in [2.45, 2.75) is 0 Å². The molecule has 0 N–H and O–H groups in total. The molecule has 0 unspecified atom stereocenters. The largest absolute Gasteiger partial charge is 0.256 e. The minimum atomic E-state index is 0.535. The second kappa shape index (κ2) is 5.87. The number of benzene rings is 1. The minimum absolute atomic E-state index is 0.535. The predicted molar refractivity (Wildman–Crippen MR) is 83.9 cm³/mol. The van der Waals surface area contributed by atoms with Gasteiger partial charge in [0.2, 0.25) is 0 Å². The number of nitrogens with zero attached hydrogens (tertiary/aromatic N) is 4. The van der Waals surface area contributed by atoms with E-state index in [2.05, 4.69) is 14.8 Å². The van der Waals surface area contributed by atoms with Crippen molar-refractivity contribution in [2.75, 3.05) is 0 Å². The Morgan fingerprint density at radius 2 is 1.45 bits per heavy atom. The van der Waals surface area contributed by atoms with E-state index in [1.807, 2.05) is 30.3 Å². The zero-order valence-electron chi connectivity index (χ0n) is 11.6. The standard InChI is InChI=1S/C18H10N4/c1-20-16-6-3-14(4-7-16)17-9-5-15(12-22-17)18-8-2-13(10-19)11-21-18/h2-9,11-12H. The van der Waals surface area contributed by atoms with Crippen LogP contribution in [0.5, 0.6) is 0 Å². The highest BCUT2D eigenvalue weighted by atomic mass is 14.7. The van der Waals surface area contributed by atoms with E-state index in [0.717, 1.165) is 22.5 Å². The molecule has 4 heteroatoms. The molecule has 2 aromatic heterocycles. The molecule has 0 atom stereocenters. The van der Waals surface area contributed by atoms with Gasteiger partial charge in [-0.25, -0.2) is 4.85 Å². The van der Waals surface area contributed by atoms with E-state index in [-0.39, 0.29) is 0 Å². The van der Waals surface area contributed by atoms with Crippen LogP contribution in [0.2, 0.25) is 0 Å². The summed E-state index contributed by atoms with van der Waals surface area (Å²) in [6.07, 6.45) is 3.30. The molecular weight excluding hydrogens is 272 g/mol. The van der Waals surface area contributed by atoms with Crippen LogP contribution < -0.4 is 0 Å². The summed E-state index contributed by atoms with van der Waals surface area (Å²) in [5.41, 5.74) is 4.63. The number of hydrogen-bond acceptors (Lipinski definition) is 3. The third-order valence-electron chi connectivity index (χ3n) is 3.24. The van der Waals surface area contributed by atoms with E-state index >= 15 is 0 Å². The Kier molecular flexibility index (Phi) is 3.59. The van der Waals surface area contributed by atoms with Gasteiger partial charge in [-0.2, -0.15) is 5.26 Å². The van der Waals surface area contributed by atoms with Crippen LogP contribution in [0.25, 0.3) is 27.4 Å². The van der Waals surface area contributed by atoms with Crippen LogP contribution >= 0.6 is 0 Å². The maximum Gasteiger partial charge on any atom is 0.187 e. The van der Waals surface area contributed by atoms with Gasteiger partial charge in [0.05, 0.1) is 23.5 Å². The summed E-state index contributed by atoms with van der Waals surface area (Å²) >= 11 is 0. The molecule has 1 aromatic carbocycles. The zero-order valence-corrected chi connectivity index (χ0v) is 11.6. The maximum absolute atomic E-state index is 8.78. The van der Waals surface area contributed by atoms with Crippen LogP contribution in [-0.4, -0.2) is 9.97 Å². The van der Waals surface area contributed by atoms with Crippen LogP contribution in [0.1, 0.15) is 5.56 Å². The second-order valence-electron chi connectivity index (χ2n) is 4.63. The molecule has 0 spiro atoms. The highest BCUT2D eigenvalue weighted by molar-refractivity contribution is 5.66. The molecule has 2 heterocycles. The van der Waals surface area contributed by atoms with E-state index in [4.69, 9.17) is 11.8 Å². The Bertz CT molecular complexity index is 788. The maximum atomic E-state index is 8.78. The third kappa shape index (κ3) is 2.67. The van der Waals surface area contributed by atoms with Gasteiger partial charge < -0.3 is 0 Å². The molecule has 22 heavy (non-hydrogen) atoms. The van der Waals surface area contributed by atoms with Crippen molar-refractivity contribution < 1.29 is 0 Å². The Morgan fingerprint density at radius 1 is 0.818 bits per heavy atom. The van der Waals surface area contributed by atoms with E-state index in [9.17, 15) is 0 Å². The van der Waals surface area contributed by atoms with Crippen LogP contribution in [0, 0.1) is 17.9 Å². The SMILES string of the molecule is [C-]#[N+]c1ccc(-c2ccc(-c3ccc(C#N)cn3)cn2)cc1. The number of pyridine rings is 2. The summed E-state index contributed by atoms with van der Waals surface area (Å²) in [7, 11) is 0. The van der Waals surface area contributed by atoms with Gasteiger partial charge in [-0.1, -0.05) is 24.3 Å². The van der Waals surface area contributed by atoms with Crippen molar-refractivity contribution in [1.29, 1.82) is 5.26 Å². The van der Waals surface area contributed by atoms with E-state index in [1.54, 1.807) is 36.7 Å². The molecule has 0 radical (unpaired) electrons. The van der Waals surface area contributed by atoms with E-state index in [1.165, 1.54) is 0 Å². The fraction of sp³-hybridized carbons (Fsp3) is 0. The fourth-order valence-corrected chi connectivity index (χ4v) is 2.05. The quantitative estimate of drug-likeness (QED) is 0.661. The summed E-state index contributed by atoms with van der Waals surface area (Å²) in [6, 6.07) is 16.8. The van der Waals surface area contributed by atoms with Gasteiger partial charge in [-0.05, 0) is 29.8 Å². The Hall–Kier alpha value is -3.50. The lowest BCUT2D eigenvalue weighted by Crippen LogP contribution is -1.88. The van der Waals surface area contributed by atoms with Gasteiger partial charge in [0, 0.05) is 18.0 Å². The molecule has 3 aromatic rings. The van der Waals surface area contributed by atoms with Crippen molar-refractivity contribution in [3.8, 4) is 28.6 Å². The summed E-state index contributed by atoms with van der Waals surface area (Å²) in [4.78, 5) is 12.1. The number of hydrogen-bond donors (Lipinski definition) is 0. The third-order valence-corrected chi connectivity index (χ3v) is 3.24. The first kappa shape index (κ1) is 13.5. The van der Waals surface area contributed by atoms with Gasteiger partial charge in [0.1, 0.15) is 6.07 Å². The molecule has 0 bridgehead atoms. The lowest BCUT2D eigenvalue weighted by atomic mass is 10.1. The lowest BCUT2D eigenvalue weighted by Gasteiger charge is -2.04. The molecule has 4 nitrogen and oxygen atoms in total. The van der Waals surface area contributed by atoms with Crippen LogP contribution in [0.15, 0.2) is 60.9 Å². The minimum Gasteiger partial charge on any atom is -0.256 e. The normalized spacial score (nSPS) is 9.73. The second-order valence-corrected chi connectivity index (χ2v) is 4.63.